The van der Waals surface area contributed by atoms with E-state index in [0.717, 1.165) is 28.8 Å². The van der Waals surface area contributed by atoms with Crippen molar-refractivity contribution in [1.29, 1.82) is 5.26 Å². The molecule has 0 fully saturated rings. The van der Waals surface area contributed by atoms with Crippen molar-refractivity contribution in [1.82, 2.24) is 9.97 Å². The summed E-state index contributed by atoms with van der Waals surface area (Å²) in [6.07, 6.45) is -2.94. The van der Waals surface area contributed by atoms with Gasteiger partial charge in [-0.3, -0.25) is 4.79 Å². The smallest absolute Gasteiger partial charge is 0.368 e. The Morgan fingerprint density at radius 3 is 2.56 bits per heavy atom. The summed E-state index contributed by atoms with van der Waals surface area (Å²) in [4.78, 5) is 20.9. The number of nitrogen functional groups attached to an aromatic ring is 1. The molecular weight excluding hydrogens is 381 g/mol. The molecule has 27 heavy (non-hydrogen) atoms. The topological polar surface area (TPSA) is 122 Å². The van der Waals surface area contributed by atoms with Crippen LogP contribution in [0.25, 0.3) is 0 Å². The van der Waals surface area contributed by atoms with Crippen molar-refractivity contribution in [2.24, 2.45) is 5.73 Å². The van der Waals surface area contributed by atoms with Gasteiger partial charge < -0.3 is 16.4 Å². The highest BCUT2D eigenvalue weighted by Gasteiger charge is 2.33. The van der Waals surface area contributed by atoms with Crippen molar-refractivity contribution < 1.29 is 18.0 Å². The molecule has 1 atom stereocenters. The predicted octanol–water partition coefficient (Wildman–Crippen LogP) is 2.68. The highest BCUT2D eigenvalue weighted by Crippen LogP contribution is 2.36. The summed E-state index contributed by atoms with van der Waals surface area (Å²) >= 11 is 1.11. The molecule has 0 spiro atoms. The number of primary amides is 1. The number of hydrogen-bond acceptors (Lipinski definition) is 7. The quantitative estimate of drug-likeness (QED) is 0.588. The van der Waals surface area contributed by atoms with Gasteiger partial charge >= 0.3 is 6.18 Å². The molecular formula is C16H15F3N6OS. The Morgan fingerprint density at radius 2 is 2.04 bits per heavy atom. The molecule has 1 aromatic heterocycles. The molecule has 0 unspecified atom stereocenters. The van der Waals surface area contributed by atoms with Crippen LogP contribution < -0.4 is 16.4 Å². The molecule has 1 aromatic carbocycles. The Labute approximate surface area is 157 Å². The molecule has 0 saturated carbocycles. The lowest BCUT2D eigenvalue weighted by atomic mass is 10.1. The van der Waals surface area contributed by atoms with Crippen molar-refractivity contribution in [3.05, 3.63) is 35.4 Å². The first-order valence-electron chi connectivity index (χ1n) is 7.47. The van der Waals surface area contributed by atoms with Crippen molar-refractivity contribution >= 4 is 35.1 Å². The number of nitrogens with two attached hydrogens (primary N) is 2. The van der Waals surface area contributed by atoms with E-state index in [-0.39, 0.29) is 28.0 Å². The van der Waals surface area contributed by atoms with Gasteiger partial charge in [0.2, 0.25) is 11.9 Å². The normalized spacial score (nSPS) is 12.3. The standard InChI is InChI=1S/C16H15F3N6OS/c1-8(12(21)26)25(10-5-3-4-9(6-10)16(17,18)19)13-11(7-20)14(27-2)24-15(22)23-13/h3-6,8H,1-2H3,(H2,21,26)(H2,22,23,24)/t8-/m1/s1. The van der Waals surface area contributed by atoms with Gasteiger partial charge in [-0.15, -0.1) is 11.8 Å². The van der Waals surface area contributed by atoms with Crippen LogP contribution in [0, 0.1) is 11.3 Å². The molecule has 142 valence electrons. The highest BCUT2D eigenvalue weighted by atomic mass is 32.2. The summed E-state index contributed by atoms with van der Waals surface area (Å²) in [5.74, 6) is -1.11. The minimum absolute atomic E-state index is 0.0159. The van der Waals surface area contributed by atoms with Crippen LogP contribution >= 0.6 is 11.8 Å². The number of alkyl halides is 3. The van der Waals surface area contributed by atoms with E-state index < -0.39 is 23.7 Å². The zero-order chi connectivity index (χ0) is 20.4. The summed E-state index contributed by atoms with van der Waals surface area (Å²) in [6, 6.07) is 5.08. The minimum Gasteiger partial charge on any atom is -0.368 e. The van der Waals surface area contributed by atoms with Crippen LogP contribution in [0.3, 0.4) is 0 Å². The lowest BCUT2D eigenvalue weighted by molar-refractivity contribution is -0.137. The van der Waals surface area contributed by atoms with Gasteiger partial charge in [0.25, 0.3) is 0 Å². The highest BCUT2D eigenvalue weighted by molar-refractivity contribution is 7.98. The third kappa shape index (κ3) is 4.22. The largest absolute Gasteiger partial charge is 0.416 e. The molecule has 2 aromatic rings. The van der Waals surface area contributed by atoms with Gasteiger partial charge in [-0.25, -0.2) is 4.98 Å². The Hall–Kier alpha value is -3.00. The third-order valence-electron chi connectivity index (χ3n) is 3.66. The van der Waals surface area contributed by atoms with Gasteiger partial charge in [-0.2, -0.15) is 23.4 Å². The molecule has 0 aliphatic carbocycles. The van der Waals surface area contributed by atoms with Crippen LogP contribution in [0.2, 0.25) is 0 Å². The number of hydrogen-bond donors (Lipinski definition) is 2. The summed E-state index contributed by atoms with van der Waals surface area (Å²) in [5.41, 5.74) is 10.1. The van der Waals surface area contributed by atoms with E-state index >= 15 is 0 Å². The first-order chi connectivity index (χ1) is 12.6. The van der Waals surface area contributed by atoms with E-state index in [0.29, 0.717) is 0 Å². The summed E-state index contributed by atoms with van der Waals surface area (Å²) in [5, 5.41) is 9.74. The minimum atomic E-state index is -4.59. The molecule has 2 rings (SSSR count). The van der Waals surface area contributed by atoms with Gasteiger partial charge in [0.15, 0.2) is 5.82 Å². The maximum absolute atomic E-state index is 13.1. The van der Waals surface area contributed by atoms with Crippen LogP contribution in [0.4, 0.5) is 30.6 Å². The van der Waals surface area contributed by atoms with E-state index in [2.05, 4.69) is 9.97 Å². The Bertz CT molecular complexity index is 912. The van der Waals surface area contributed by atoms with Crippen molar-refractivity contribution in [3.8, 4) is 6.07 Å². The third-order valence-corrected chi connectivity index (χ3v) is 4.34. The molecule has 1 heterocycles. The van der Waals surface area contributed by atoms with E-state index in [1.807, 2.05) is 6.07 Å². The molecule has 1 amide bonds. The van der Waals surface area contributed by atoms with Crippen molar-refractivity contribution in [2.45, 2.75) is 24.2 Å². The monoisotopic (exact) mass is 396 g/mol. The Balaban J connectivity index is 2.78. The van der Waals surface area contributed by atoms with Crippen molar-refractivity contribution in [3.63, 3.8) is 0 Å². The molecule has 7 nitrogen and oxygen atoms in total. The van der Waals surface area contributed by atoms with Crippen LogP contribution in [-0.4, -0.2) is 28.2 Å². The number of thioether (sulfide) groups is 1. The number of aromatic nitrogens is 2. The van der Waals surface area contributed by atoms with E-state index in [9.17, 15) is 23.2 Å². The summed E-state index contributed by atoms with van der Waals surface area (Å²) < 4.78 is 39.3. The average molecular weight is 396 g/mol. The second-order valence-corrected chi connectivity index (χ2v) is 6.19. The van der Waals surface area contributed by atoms with Crippen LogP contribution in [-0.2, 0) is 11.0 Å². The lowest BCUT2D eigenvalue weighted by Crippen LogP contribution is -2.41. The number of amides is 1. The van der Waals surface area contributed by atoms with Gasteiger partial charge in [0, 0.05) is 5.69 Å². The first-order valence-corrected chi connectivity index (χ1v) is 8.70. The van der Waals surface area contributed by atoms with Crippen LogP contribution in [0.15, 0.2) is 29.3 Å². The maximum Gasteiger partial charge on any atom is 0.416 e. The zero-order valence-electron chi connectivity index (χ0n) is 14.3. The maximum atomic E-state index is 13.1. The number of carbonyl (C=O) groups excluding carboxylic acids is 1. The zero-order valence-corrected chi connectivity index (χ0v) is 15.1. The SMILES string of the molecule is CSc1nc(N)nc(N(c2cccc(C(F)(F)F)c2)[C@H](C)C(N)=O)c1C#N. The van der Waals surface area contributed by atoms with Gasteiger partial charge in [0.1, 0.15) is 22.7 Å². The Kier molecular flexibility index (Phi) is 5.80. The summed E-state index contributed by atoms with van der Waals surface area (Å²) in [6.45, 7) is 1.39. The number of nitrogens with zero attached hydrogens (tertiary/aromatic N) is 4. The number of benzene rings is 1. The Morgan fingerprint density at radius 1 is 1.37 bits per heavy atom. The van der Waals surface area contributed by atoms with E-state index in [1.54, 1.807) is 6.26 Å². The van der Waals surface area contributed by atoms with E-state index in [4.69, 9.17) is 11.5 Å². The number of anilines is 3. The van der Waals surface area contributed by atoms with Gasteiger partial charge in [-0.05, 0) is 31.4 Å². The number of halogens is 3. The molecule has 0 aliphatic heterocycles. The molecule has 0 bridgehead atoms. The predicted molar refractivity (Wildman–Crippen MR) is 95.2 cm³/mol. The molecule has 0 radical (unpaired) electrons. The molecule has 0 saturated heterocycles. The first kappa shape index (κ1) is 20.3. The lowest BCUT2D eigenvalue weighted by Gasteiger charge is -2.30. The van der Waals surface area contributed by atoms with Crippen molar-refractivity contribution in [2.75, 3.05) is 16.9 Å². The number of nitriles is 1. The fourth-order valence-electron chi connectivity index (χ4n) is 2.35. The van der Waals surface area contributed by atoms with Crippen LogP contribution in [0.1, 0.15) is 18.1 Å². The molecule has 4 N–H and O–H groups in total. The second kappa shape index (κ2) is 7.71. The number of rotatable bonds is 5. The molecule has 11 heteroatoms. The molecule has 0 aliphatic rings. The second-order valence-electron chi connectivity index (χ2n) is 5.40. The van der Waals surface area contributed by atoms with Gasteiger partial charge in [-0.1, -0.05) is 6.07 Å². The fraction of sp³-hybridized carbons (Fsp3) is 0.250. The fourth-order valence-corrected chi connectivity index (χ4v) is 2.88. The van der Waals surface area contributed by atoms with Crippen LogP contribution in [0.5, 0.6) is 0 Å². The summed E-state index contributed by atoms with van der Waals surface area (Å²) in [7, 11) is 0. The number of carbonyl (C=O) groups is 1. The van der Waals surface area contributed by atoms with Gasteiger partial charge in [0.05, 0.1) is 5.56 Å². The average Bonchev–Trinajstić information content (AvgIpc) is 2.60. The van der Waals surface area contributed by atoms with E-state index in [1.165, 1.54) is 19.1 Å².